The fraction of sp³-hybridized carbons (Fsp3) is 0. The smallest absolute Gasteiger partial charge is 0.281 e. The van der Waals surface area contributed by atoms with Gasteiger partial charge in [0.1, 0.15) is 0 Å². The SMILES string of the molecule is OC(O)=CSc1ccccc1. The summed E-state index contributed by atoms with van der Waals surface area (Å²) in [5.41, 5.74) is 0. The molecule has 11 heavy (non-hydrogen) atoms. The molecule has 0 saturated heterocycles. The van der Waals surface area contributed by atoms with Gasteiger partial charge in [0.25, 0.3) is 5.95 Å². The maximum absolute atomic E-state index is 8.41. The van der Waals surface area contributed by atoms with Crippen LogP contribution in [0.3, 0.4) is 0 Å². The molecule has 0 radical (unpaired) electrons. The molecule has 0 heterocycles. The van der Waals surface area contributed by atoms with Gasteiger partial charge in [-0.25, -0.2) is 0 Å². The molecule has 0 aliphatic carbocycles. The molecule has 0 bridgehead atoms. The number of aliphatic hydroxyl groups excluding tert-OH is 1. The van der Waals surface area contributed by atoms with Gasteiger partial charge < -0.3 is 10.2 Å². The highest BCUT2D eigenvalue weighted by molar-refractivity contribution is 8.02. The van der Waals surface area contributed by atoms with Crippen molar-refractivity contribution in [3.63, 3.8) is 0 Å². The van der Waals surface area contributed by atoms with E-state index in [1.54, 1.807) is 0 Å². The third-order valence-corrected chi connectivity index (χ3v) is 1.92. The summed E-state index contributed by atoms with van der Waals surface area (Å²) in [7, 11) is 0. The van der Waals surface area contributed by atoms with E-state index in [4.69, 9.17) is 10.2 Å². The average Bonchev–Trinajstić information content (AvgIpc) is 2.03. The first-order valence-electron chi connectivity index (χ1n) is 3.09. The van der Waals surface area contributed by atoms with Crippen LogP contribution in [-0.2, 0) is 0 Å². The van der Waals surface area contributed by atoms with Crippen LogP contribution >= 0.6 is 11.8 Å². The Labute approximate surface area is 69.2 Å². The minimum Gasteiger partial charge on any atom is -0.481 e. The number of thioether (sulfide) groups is 1. The van der Waals surface area contributed by atoms with Crippen LogP contribution in [0.15, 0.2) is 46.6 Å². The Morgan fingerprint density at radius 1 is 1.18 bits per heavy atom. The van der Waals surface area contributed by atoms with Crippen molar-refractivity contribution >= 4 is 11.8 Å². The van der Waals surface area contributed by atoms with E-state index >= 15 is 0 Å². The largest absolute Gasteiger partial charge is 0.481 e. The van der Waals surface area contributed by atoms with Crippen LogP contribution in [0.2, 0.25) is 0 Å². The van der Waals surface area contributed by atoms with Gasteiger partial charge >= 0.3 is 0 Å². The van der Waals surface area contributed by atoms with Gasteiger partial charge in [-0.05, 0) is 12.1 Å². The lowest BCUT2D eigenvalue weighted by Gasteiger charge is -1.92. The Balaban J connectivity index is 2.59. The van der Waals surface area contributed by atoms with Crippen molar-refractivity contribution in [3.8, 4) is 0 Å². The van der Waals surface area contributed by atoms with Gasteiger partial charge in [-0.2, -0.15) is 0 Å². The quantitative estimate of drug-likeness (QED) is 0.527. The first kappa shape index (κ1) is 8.01. The second-order valence-electron chi connectivity index (χ2n) is 1.91. The summed E-state index contributed by atoms with van der Waals surface area (Å²) in [5, 5.41) is 18.1. The molecule has 1 rings (SSSR count). The minimum atomic E-state index is -0.654. The van der Waals surface area contributed by atoms with E-state index < -0.39 is 5.95 Å². The predicted octanol–water partition coefficient (Wildman–Crippen LogP) is 2.69. The molecule has 1 aromatic rings. The summed E-state index contributed by atoms with van der Waals surface area (Å²) in [6, 6.07) is 9.48. The van der Waals surface area contributed by atoms with Crippen LogP contribution in [0.25, 0.3) is 0 Å². The van der Waals surface area contributed by atoms with Crippen LogP contribution in [-0.4, -0.2) is 10.2 Å². The lowest BCUT2D eigenvalue weighted by Crippen LogP contribution is -1.72. The molecule has 0 aliphatic rings. The molecular weight excluding hydrogens is 160 g/mol. The van der Waals surface area contributed by atoms with Crippen molar-refractivity contribution in [2.24, 2.45) is 0 Å². The summed E-state index contributed by atoms with van der Waals surface area (Å²) in [5.74, 6) is -0.654. The number of rotatable bonds is 2. The maximum atomic E-state index is 8.41. The molecule has 58 valence electrons. The fourth-order valence-corrected chi connectivity index (χ4v) is 1.18. The highest BCUT2D eigenvalue weighted by Crippen LogP contribution is 2.18. The summed E-state index contributed by atoms with van der Waals surface area (Å²) in [4.78, 5) is 0.980. The molecule has 0 aliphatic heterocycles. The Morgan fingerprint density at radius 2 is 1.82 bits per heavy atom. The zero-order valence-electron chi connectivity index (χ0n) is 5.77. The van der Waals surface area contributed by atoms with Gasteiger partial charge in [0.05, 0.1) is 5.41 Å². The van der Waals surface area contributed by atoms with Crippen LogP contribution in [0.1, 0.15) is 0 Å². The van der Waals surface area contributed by atoms with Crippen LogP contribution in [0.4, 0.5) is 0 Å². The predicted molar refractivity (Wildman–Crippen MR) is 45.6 cm³/mol. The number of hydrogen-bond donors (Lipinski definition) is 2. The lowest BCUT2D eigenvalue weighted by molar-refractivity contribution is 0.193. The zero-order valence-corrected chi connectivity index (χ0v) is 6.58. The van der Waals surface area contributed by atoms with Crippen molar-refractivity contribution in [2.75, 3.05) is 0 Å². The lowest BCUT2D eigenvalue weighted by atomic mass is 10.4. The van der Waals surface area contributed by atoms with E-state index in [2.05, 4.69) is 0 Å². The van der Waals surface area contributed by atoms with Crippen molar-refractivity contribution in [1.29, 1.82) is 0 Å². The third-order valence-electron chi connectivity index (χ3n) is 1.04. The van der Waals surface area contributed by atoms with E-state index in [1.807, 2.05) is 30.3 Å². The van der Waals surface area contributed by atoms with Crippen LogP contribution in [0.5, 0.6) is 0 Å². The first-order valence-corrected chi connectivity index (χ1v) is 3.97. The monoisotopic (exact) mass is 168 g/mol. The van der Waals surface area contributed by atoms with Crippen LogP contribution < -0.4 is 0 Å². The average molecular weight is 168 g/mol. The highest BCUT2D eigenvalue weighted by Gasteiger charge is 1.88. The van der Waals surface area contributed by atoms with Gasteiger partial charge in [-0.1, -0.05) is 30.0 Å². The first-order chi connectivity index (χ1) is 5.29. The minimum absolute atomic E-state index is 0.654. The molecule has 0 atom stereocenters. The van der Waals surface area contributed by atoms with E-state index in [-0.39, 0.29) is 0 Å². The van der Waals surface area contributed by atoms with Gasteiger partial charge in [0.2, 0.25) is 0 Å². The number of hydrogen-bond acceptors (Lipinski definition) is 3. The standard InChI is InChI=1S/C8H8O2S/c9-8(10)6-11-7-4-2-1-3-5-7/h1-6,9-10H. The Morgan fingerprint density at radius 3 is 2.36 bits per heavy atom. The normalized spacial score (nSPS) is 9.09. The maximum Gasteiger partial charge on any atom is 0.281 e. The summed E-state index contributed by atoms with van der Waals surface area (Å²) < 4.78 is 0. The third kappa shape index (κ3) is 3.00. The molecule has 1 aromatic carbocycles. The Bertz CT molecular complexity index is 240. The van der Waals surface area contributed by atoms with Gasteiger partial charge in [0.15, 0.2) is 0 Å². The van der Waals surface area contributed by atoms with E-state index in [1.165, 1.54) is 17.2 Å². The van der Waals surface area contributed by atoms with Crippen molar-refractivity contribution in [1.82, 2.24) is 0 Å². The second-order valence-corrected chi connectivity index (χ2v) is 2.85. The number of aliphatic hydroxyl groups is 2. The molecule has 0 fully saturated rings. The Hall–Kier alpha value is -1.09. The Kier molecular flexibility index (Phi) is 2.86. The van der Waals surface area contributed by atoms with Crippen molar-refractivity contribution in [3.05, 3.63) is 41.7 Å². The molecule has 0 spiro atoms. The van der Waals surface area contributed by atoms with Crippen molar-refractivity contribution in [2.45, 2.75) is 4.90 Å². The van der Waals surface area contributed by atoms with E-state index in [9.17, 15) is 0 Å². The summed E-state index contributed by atoms with van der Waals surface area (Å²) in [6.07, 6.45) is 0. The molecule has 0 aromatic heterocycles. The topological polar surface area (TPSA) is 40.5 Å². The molecule has 0 unspecified atom stereocenters. The highest BCUT2D eigenvalue weighted by atomic mass is 32.2. The molecule has 2 nitrogen and oxygen atoms in total. The summed E-state index contributed by atoms with van der Waals surface area (Å²) >= 11 is 1.27. The molecule has 3 heteroatoms. The van der Waals surface area contributed by atoms with Crippen LogP contribution in [0, 0.1) is 0 Å². The van der Waals surface area contributed by atoms with Gasteiger partial charge in [-0.3, -0.25) is 0 Å². The molecule has 2 N–H and O–H groups in total. The van der Waals surface area contributed by atoms with Gasteiger partial charge in [0, 0.05) is 4.90 Å². The zero-order chi connectivity index (χ0) is 8.10. The summed E-state index contributed by atoms with van der Waals surface area (Å²) in [6.45, 7) is 0. The van der Waals surface area contributed by atoms with E-state index in [0.29, 0.717) is 0 Å². The molecule has 0 saturated carbocycles. The second kappa shape index (κ2) is 3.93. The fourth-order valence-electron chi connectivity index (χ4n) is 0.620. The molecular formula is C8H8O2S. The number of benzene rings is 1. The van der Waals surface area contributed by atoms with Crippen molar-refractivity contribution < 1.29 is 10.2 Å². The van der Waals surface area contributed by atoms with Gasteiger partial charge in [-0.15, -0.1) is 0 Å². The molecule has 0 amide bonds. The van der Waals surface area contributed by atoms with E-state index in [0.717, 1.165) is 4.90 Å².